The summed E-state index contributed by atoms with van der Waals surface area (Å²) in [6.45, 7) is 2.75. The smallest absolute Gasteiger partial charge is 0.253 e. The fourth-order valence-corrected chi connectivity index (χ4v) is 2.59. The lowest BCUT2D eigenvalue weighted by Crippen LogP contribution is -2.36. The highest BCUT2D eigenvalue weighted by atomic mass is 35.5. The number of hydrogen-bond donors (Lipinski definition) is 2. The van der Waals surface area contributed by atoms with Crippen molar-refractivity contribution in [3.05, 3.63) is 22.8 Å². The van der Waals surface area contributed by atoms with Crippen LogP contribution in [0, 0.1) is 0 Å². The minimum Gasteiger partial charge on any atom is -0.370 e. The molecule has 19 heavy (non-hydrogen) atoms. The van der Waals surface area contributed by atoms with Crippen molar-refractivity contribution in [2.24, 2.45) is 0 Å². The van der Waals surface area contributed by atoms with Crippen LogP contribution in [-0.4, -0.2) is 23.5 Å². The van der Waals surface area contributed by atoms with Crippen LogP contribution < -0.4 is 10.6 Å². The second-order valence-electron chi connectivity index (χ2n) is 4.89. The van der Waals surface area contributed by atoms with Gasteiger partial charge in [0.1, 0.15) is 5.82 Å². The molecule has 0 saturated heterocycles. The summed E-state index contributed by atoms with van der Waals surface area (Å²) in [5.74, 6) is 0.583. The van der Waals surface area contributed by atoms with Gasteiger partial charge in [-0.25, -0.2) is 4.98 Å². The first-order valence-corrected chi connectivity index (χ1v) is 7.28. The number of nitrogens with one attached hydrogen (secondary N) is 2. The van der Waals surface area contributed by atoms with Gasteiger partial charge in [-0.3, -0.25) is 4.79 Å². The van der Waals surface area contributed by atoms with Gasteiger partial charge >= 0.3 is 0 Å². The van der Waals surface area contributed by atoms with Crippen molar-refractivity contribution in [2.45, 2.75) is 45.1 Å². The Hall–Kier alpha value is -1.29. The van der Waals surface area contributed by atoms with Crippen LogP contribution in [0.15, 0.2) is 12.3 Å². The van der Waals surface area contributed by atoms with Crippen molar-refractivity contribution < 1.29 is 4.79 Å². The van der Waals surface area contributed by atoms with Crippen molar-refractivity contribution >= 4 is 23.3 Å². The molecule has 0 aliphatic heterocycles. The summed E-state index contributed by atoms with van der Waals surface area (Å²) >= 11 is 6.06. The molecule has 2 rings (SSSR count). The van der Waals surface area contributed by atoms with Crippen LogP contribution in [-0.2, 0) is 0 Å². The lowest BCUT2D eigenvalue weighted by molar-refractivity contribution is 0.0928. The number of hydrogen-bond acceptors (Lipinski definition) is 3. The molecule has 1 amide bonds. The molecule has 1 aromatic heterocycles. The lowest BCUT2D eigenvalue weighted by atomic mass is 9.95. The zero-order valence-electron chi connectivity index (χ0n) is 11.2. The molecule has 1 aromatic rings. The Morgan fingerprint density at radius 2 is 2.16 bits per heavy atom. The molecule has 0 unspecified atom stereocenters. The van der Waals surface area contributed by atoms with E-state index in [1.807, 2.05) is 6.92 Å². The maximum atomic E-state index is 12.2. The normalized spacial score (nSPS) is 16.1. The minimum atomic E-state index is -0.0987. The van der Waals surface area contributed by atoms with Crippen LogP contribution in [0.4, 0.5) is 5.82 Å². The molecular weight excluding hydrogens is 262 g/mol. The predicted molar refractivity (Wildman–Crippen MR) is 77.7 cm³/mol. The fraction of sp³-hybridized carbons (Fsp3) is 0.571. The number of amides is 1. The van der Waals surface area contributed by atoms with E-state index in [9.17, 15) is 4.79 Å². The van der Waals surface area contributed by atoms with E-state index in [0.29, 0.717) is 16.4 Å². The number of anilines is 1. The van der Waals surface area contributed by atoms with Crippen molar-refractivity contribution in [2.75, 3.05) is 11.9 Å². The van der Waals surface area contributed by atoms with Gasteiger partial charge in [0.05, 0.1) is 10.6 Å². The number of carbonyl (C=O) groups excluding carboxylic acids is 1. The van der Waals surface area contributed by atoms with E-state index in [1.165, 1.54) is 25.5 Å². The third-order valence-electron chi connectivity index (χ3n) is 3.40. The van der Waals surface area contributed by atoms with Crippen LogP contribution >= 0.6 is 11.6 Å². The summed E-state index contributed by atoms with van der Waals surface area (Å²) in [4.78, 5) is 16.4. The fourth-order valence-electron chi connectivity index (χ4n) is 2.40. The average molecular weight is 282 g/mol. The molecule has 0 atom stereocenters. The van der Waals surface area contributed by atoms with Gasteiger partial charge in [0.15, 0.2) is 0 Å². The summed E-state index contributed by atoms with van der Waals surface area (Å²) in [6.07, 6.45) is 7.31. The summed E-state index contributed by atoms with van der Waals surface area (Å²) < 4.78 is 0. The molecule has 0 radical (unpaired) electrons. The second-order valence-corrected chi connectivity index (χ2v) is 5.30. The van der Waals surface area contributed by atoms with Gasteiger partial charge in [-0.2, -0.15) is 0 Å². The Kier molecular flexibility index (Phi) is 5.02. The first-order chi connectivity index (χ1) is 9.20. The Balaban J connectivity index is 2.06. The van der Waals surface area contributed by atoms with Crippen LogP contribution in [0.1, 0.15) is 49.4 Å². The molecule has 0 bridgehead atoms. The maximum absolute atomic E-state index is 12.2. The Labute approximate surface area is 118 Å². The number of aromatic nitrogens is 1. The van der Waals surface area contributed by atoms with E-state index < -0.39 is 0 Å². The quantitative estimate of drug-likeness (QED) is 0.891. The van der Waals surface area contributed by atoms with Crippen LogP contribution in [0.3, 0.4) is 0 Å². The zero-order chi connectivity index (χ0) is 13.7. The van der Waals surface area contributed by atoms with Gasteiger partial charge in [-0.05, 0) is 25.8 Å². The monoisotopic (exact) mass is 281 g/mol. The van der Waals surface area contributed by atoms with Crippen molar-refractivity contribution in [3.63, 3.8) is 0 Å². The molecule has 1 aliphatic rings. The van der Waals surface area contributed by atoms with E-state index in [1.54, 1.807) is 6.07 Å². The number of carbonyl (C=O) groups is 1. The summed E-state index contributed by atoms with van der Waals surface area (Å²) in [5.41, 5.74) is 0.498. The summed E-state index contributed by atoms with van der Waals surface area (Å²) in [7, 11) is 0. The molecule has 0 aromatic carbocycles. The third-order valence-corrected chi connectivity index (χ3v) is 3.70. The Bertz CT molecular complexity index is 444. The van der Waals surface area contributed by atoms with Gasteiger partial charge in [0.25, 0.3) is 5.91 Å². The zero-order valence-corrected chi connectivity index (χ0v) is 12.0. The van der Waals surface area contributed by atoms with Crippen molar-refractivity contribution in [3.8, 4) is 0 Å². The molecule has 1 aliphatic carbocycles. The van der Waals surface area contributed by atoms with E-state index in [4.69, 9.17) is 11.6 Å². The van der Waals surface area contributed by atoms with Gasteiger partial charge < -0.3 is 10.6 Å². The molecule has 0 spiro atoms. The standard InChI is InChI=1S/C14H20ClN3O/c1-2-16-13-8-11(12(15)9-17-13)14(19)18-10-6-4-3-5-7-10/h8-10H,2-7H2,1H3,(H,16,17)(H,18,19). The van der Waals surface area contributed by atoms with Crippen molar-refractivity contribution in [1.82, 2.24) is 10.3 Å². The second kappa shape index (κ2) is 6.75. The molecular formula is C14H20ClN3O. The highest BCUT2D eigenvalue weighted by Gasteiger charge is 2.18. The largest absolute Gasteiger partial charge is 0.370 e. The minimum absolute atomic E-state index is 0.0987. The van der Waals surface area contributed by atoms with E-state index in [-0.39, 0.29) is 11.9 Å². The summed E-state index contributed by atoms with van der Waals surface area (Å²) in [6, 6.07) is 2.00. The molecule has 1 saturated carbocycles. The van der Waals surface area contributed by atoms with E-state index >= 15 is 0 Å². The Morgan fingerprint density at radius 3 is 2.84 bits per heavy atom. The average Bonchev–Trinajstić information content (AvgIpc) is 2.42. The first kappa shape index (κ1) is 14.1. The highest BCUT2D eigenvalue weighted by molar-refractivity contribution is 6.33. The summed E-state index contributed by atoms with van der Waals surface area (Å²) in [5, 5.41) is 6.55. The van der Waals surface area contributed by atoms with Crippen LogP contribution in [0.5, 0.6) is 0 Å². The predicted octanol–water partition coefficient (Wildman–Crippen LogP) is 3.23. The van der Waals surface area contributed by atoms with E-state index in [0.717, 1.165) is 19.4 Å². The van der Waals surface area contributed by atoms with Gasteiger partial charge in [0.2, 0.25) is 0 Å². The van der Waals surface area contributed by atoms with Gasteiger partial charge in [-0.15, -0.1) is 0 Å². The lowest BCUT2D eigenvalue weighted by Gasteiger charge is -2.23. The van der Waals surface area contributed by atoms with E-state index in [2.05, 4.69) is 15.6 Å². The topological polar surface area (TPSA) is 54.0 Å². The Morgan fingerprint density at radius 1 is 1.42 bits per heavy atom. The molecule has 104 valence electrons. The maximum Gasteiger partial charge on any atom is 0.253 e. The number of nitrogens with zero attached hydrogens (tertiary/aromatic N) is 1. The van der Waals surface area contributed by atoms with Crippen LogP contribution in [0.25, 0.3) is 0 Å². The third kappa shape index (κ3) is 3.83. The number of pyridine rings is 1. The highest BCUT2D eigenvalue weighted by Crippen LogP contribution is 2.21. The SMILES string of the molecule is CCNc1cc(C(=O)NC2CCCCC2)c(Cl)cn1. The first-order valence-electron chi connectivity index (χ1n) is 6.91. The van der Waals surface area contributed by atoms with Crippen LogP contribution in [0.2, 0.25) is 5.02 Å². The molecule has 4 nitrogen and oxygen atoms in total. The number of halogens is 1. The molecule has 5 heteroatoms. The molecule has 1 fully saturated rings. The molecule has 1 heterocycles. The van der Waals surface area contributed by atoms with Gasteiger partial charge in [-0.1, -0.05) is 30.9 Å². The van der Waals surface area contributed by atoms with Crippen molar-refractivity contribution in [1.29, 1.82) is 0 Å². The van der Waals surface area contributed by atoms with Gasteiger partial charge in [0, 0.05) is 18.8 Å². The molecule has 2 N–H and O–H groups in total. The number of rotatable bonds is 4.